The van der Waals surface area contributed by atoms with Crippen LogP contribution in [0.15, 0.2) is 43.0 Å². The number of imidazole rings is 1. The van der Waals surface area contributed by atoms with Crippen molar-refractivity contribution in [1.29, 1.82) is 0 Å². The van der Waals surface area contributed by atoms with Crippen LogP contribution in [0.4, 0.5) is 4.39 Å². The van der Waals surface area contributed by atoms with E-state index in [0.717, 1.165) is 31.5 Å². The second-order valence-corrected chi connectivity index (χ2v) is 4.80. The van der Waals surface area contributed by atoms with Gasteiger partial charge in [-0.1, -0.05) is 18.2 Å². The zero-order valence-electron chi connectivity index (χ0n) is 11.2. The Kier molecular flexibility index (Phi) is 5.10. The summed E-state index contributed by atoms with van der Waals surface area (Å²) in [5, 5.41) is 3.42. The number of aromatic nitrogens is 2. The van der Waals surface area contributed by atoms with Gasteiger partial charge in [-0.3, -0.25) is 0 Å². The third-order valence-corrected chi connectivity index (χ3v) is 3.13. The standard InChI is InChI=1S/C15H20FN3/c1-13(11-14-5-2-3-6-15(14)16)18-7-4-9-19-10-8-17-12-19/h2-3,5-6,8,10,12-13,18H,4,7,9,11H2,1H3. The fraction of sp³-hybridized carbons (Fsp3) is 0.400. The molecule has 4 heteroatoms. The fourth-order valence-corrected chi connectivity index (χ4v) is 2.10. The molecule has 2 rings (SSSR count). The zero-order valence-corrected chi connectivity index (χ0v) is 11.2. The molecule has 0 saturated heterocycles. The van der Waals surface area contributed by atoms with Gasteiger partial charge in [0.15, 0.2) is 0 Å². The summed E-state index contributed by atoms with van der Waals surface area (Å²) in [6, 6.07) is 7.24. The van der Waals surface area contributed by atoms with Crippen LogP contribution in [0, 0.1) is 5.82 Å². The summed E-state index contributed by atoms with van der Waals surface area (Å²) >= 11 is 0. The smallest absolute Gasteiger partial charge is 0.126 e. The highest BCUT2D eigenvalue weighted by Crippen LogP contribution is 2.08. The summed E-state index contributed by atoms with van der Waals surface area (Å²) in [6.45, 7) is 3.97. The van der Waals surface area contributed by atoms with Crippen molar-refractivity contribution in [3.63, 3.8) is 0 Å². The van der Waals surface area contributed by atoms with Gasteiger partial charge < -0.3 is 9.88 Å². The molecule has 3 nitrogen and oxygen atoms in total. The predicted octanol–water partition coefficient (Wildman–Crippen LogP) is 2.63. The van der Waals surface area contributed by atoms with Crippen LogP contribution in [-0.4, -0.2) is 22.1 Å². The Bertz CT molecular complexity index is 482. The maximum Gasteiger partial charge on any atom is 0.126 e. The molecule has 1 N–H and O–H groups in total. The topological polar surface area (TPSA) is 29.9 Å². The Morgan fingerprint density at radius 3 is 2.95 bits per heavy atom. The Morgan fingerprint density at radius 2 is 2.21 bits per heavy atom. The highest BCUT2D eigenvalue weighted by atomic mass is 19.1. The summed E-state index contributed by atoms with van der Waals surface area (Å²) < 4.78 is 15.5. The average Bonchev–Trinajstić information content (AvgIpc) is 2.91. The second kappa shape index (κ2) is 7.04. The van der Waals surface area contributed by atoms with Crippen LogP contribution in [0.25, 0.3) is 0 Å². The predicted molar refractivity (Wildman–Crippen MR) is 74.4 cm³/mol. The molecule has 0 radical (unpaired) electrons. The van der Waals surface area contributed by atoms with Crippen molar-refractivity contribution < 1.29 is 4.39 Å². The van der Waals surface area contributed by atoms with E-state index in [1.54, 1.807) is 12.3 Å². The number of nitrogens with one attached hydrogen (secondary N) is 1. The summed E-state index contributed by atoms with van der Waals surface area (Å²) in [4.78, 5) is 4.00. The molecule has 0 fully saturated rings. The van der Waals surface area contributed by atoms with Crippen molar-refractivity contribution in [2.24, 2.45) is 0 Å². The molecular formula is C15H20FN3. The molecule has 1 aromatic heterocycles. The van der Waals surface area contributed by atoms with Gasteiger partial charge in [-0.05, 0) is 37.9 Å². The van der Waals surface area contributed by atoms with Crippen LogP contribution < -0.4 is 5.32 Å². The fourth-order valence-electron chi connectivity index (χ4n) is 2.10. The number of rotatable bonds is 7. The number of hydrogen-bond donors (Lipinski definition) is 1. The van der Waals surface area contributed by atoms with E-state index in [1.807, 2.05) is 24.7 Å². The van der Waals surface area contributed by atoms with Crippen molar-refractivity contribution in [2.75, 3.05) is 6.54 Å². The SMILES string of the molecule is CC(Cc1ccccc1F)NCCCn1ccnc1. The number of benzene rings is 1. The molecular weight excluding hydrogens is 241 g/mol. The largest absolute Gasteiger partial charge is 0.337 e. The van der Waals surface area contributed by atoms with Crippen molar-refractivity contribution in [3.8, 4) is 0 Å². The quantitative estimate of drug-likeness (QED) is 0.776. The van der Waals surface area contributed by atoms with Crippen molar-refractivity contribution >= 4 is 0 Å². The van der Waals surface area contributed by atoms with E-state index in [0.29, 0.717) is 0 Å². The summed E-state index contributed by atoms with van der Waals surface area (Å²) in [5.41, 5.74) is 0.775. The van der Waals surface area contributed by atoms with Gasteiger partial charge >= 0.3 is 0 Å². The van der Waals surface area contributed by atoms with Crippen molar-refractivity contribution in [1.82, 2.24) is 14.9 Å². The van der Waals surface area contributed by atoms with Gasteiger partial charge in [0.1, 0.15) is 5.82 Å². The average molecular weight is 261 g/mol. The monoisotopic (exact) mass is 261 g/mol. The van der Waals surface area contributed by atoms with Crippen molar-refractivity contribution in [2.45, 2.75) is 32.4 Å². The molecule has 1 aromatic carbocycles. The highest BCUT2D eigenvalue weighted by Gasteiger charge is 2.06. The second-order valence-electron chi connectivity index (χ2n) is 4.80. The maximum atomic E-state index is 13.5. The van der Waals surface area contributed by atoms with Gasteiger partial charge in [0, 0.05) is 25.0 Å². The van der Waals surface area contributed by atoms with Gasteiger partial charge in [-0.2, -0.15) is 0 Å². The van der Waals surface area contributed by atoms with Gasteiger partial charge in [0.05, 0.1) is 6.33 Å². The summed E-state index contributed by atoms with van der Waals surface area (Å²) in [6.07, 6.45) is 7.33. The van der Waals surface area contributed by atoms with Crippen LogP contribution in [-0.2, 0) is 13.0 Å². The lowest BCUT2D eigenvalue weighted by Gasteiger charge is -2.14. The van der Waals surface area contributed by atoms with E-state index in [4.69, 9.17) is 0 Å². The maximum absolute atomic E-state index is 13.5. The van der Waals surface area contributed by atoms with E-state index in [-0.39, 0.29) is 11.9 Å². The molecule has 0 aliphatic heterocycles. The molecule has 102 valence electrons. The molecule has 0 bridgehead atoms. The van der Waals surface area contributed by atoms with Gasteiger partial charge in [0.2, 0.25) is 0 Å². The van der Waals surface area contributed by atoms with E-state index in [9.17, 15) is 4.39 Å². The van der Waals surface area contributed by atoms with Crippen LogP contribution in [0.1, 0.15) is 18.9 Å². The zero-order chi connectivity index (χ0) is 13.5. The molecule has 0 spiro atoms. The third-order valence-electron chi connectivity index (χ3n) is 3.13. The molecule has 2 aromatic rings. The molecule has 1 unspecified atom stereocenters. The number of halogens is 1. The van der Waals surface area contributed by atoms with Gasteiger partial charge in [-0.15, -0.1) is 0 Å². The van der Waals surface area contributed by atoms with E-state index < -0.39 is 0 Å². The molecule has 0 amide bonds. The summed E-state index contributed by atoms with van der Waals surface area (Å²) in [5.74, 6) is -0.116. The Morgan fingerprint density at radius 1 is 1.37 bits per heavy atom. The number of nitrogens with zero attached hydrogens (tertiary/aromatic N) is 2. The van der Waals surface area contributed by atoms with E-state index in [1.165, 1.54) is 6.07 Å². The number of aryl methyl sites for hydroxylation is 1. The first-order valence-corrected chi connectivity index (χ1v) is 6.68. The highest BCUT2D eigenvalue weighted by molar-refractivity contribution is 5.18. The normalized spacial score (nSPS) is 12.5. The Labute approximate surface area is 113 Å². The first-order chi connectivity index (χ1) is 9.25. The molecule has 0 aliphatic carbocycles. The molecule has 19 heavy (non-hydrogen) atoms. The lowest BCUT2D eigenvalue weighted by atomic mass is 10.1. The lowest BCUT2D eigenvalue weighted by Crippen LogP contribution is -2.29. The minimum atomic E-state index is -0.116. The van der Waals surface area contributed by atoms with Crippen LogP contribution in [0.2, 0.25) is 0 Å². The number of hydrogen-bond acceptors (Lipinski definition) is 2. The van der Waals surface area contributed by atoms with E-state index >= 15 is 0 Å². The van der Waals surface area contributed by atoms with Crippen LogP contribution >= 0.6 is 0 Å². The van der Waals surface area contributed by atoms with Crippen LogP contribution in [0.3, 0.4) is 0 Å². The Balaban J connectivity index is 1.67. The van der Waals surface area contributed by atoms with Crippen LogP contribution in [0.5, 0.6) is 0 Å². The first-order valence-electron chi connectivity index (χ1n) is 6.68. The molecule has 1 atom stereocenters. The summed E-state index contributed by atoms with van der Waals surface area (Å²) in [7, 11) is 0. The van der Waals surface area contributed by atoms with Gasteiger partial charge in [0.25, 0.3) is 0 Å². The molecule has 0 aliphatic rings. The Hall–Kier alpha value is -1.68. The molecule has 0 saturated carbocycles. The van der Waals surface area contributed by atoms with Crippen molar-refractivity contribution in [3.05, 3.63) is 54.4 Å². The minimum absolute atomic E-state index is 0.116. The first kappa shape index (κ1) is 13.7. The minimum Gasteiger partial charge on any atom is -0.337 e. The molecule has 1 heterocycles. The third kappa shape index (κ3) is 4.48. The van der Waals surface area contributed by atoms with Gasteiger partial charge in [-0.25, -0.2) is 9.37 Å². The lowest BCUT2D eigenvalue weighted by molar-refractivity contribution is 0.500. The van der Waals surface area contributed by atoms with E-state index in [2.05, 4.69) is 21.8 Å².